The van der Waals surface area contributed by atoms with Crippen molar-refractivity contribution in [2.24, 2.45) is 11.7 Å². The van der Waals surface area contributed by atoms with Gasteiger partial charge in [0, 0.05) is 5.92 Å². The number of benzene rings is 1. The van der Waals surface area contributed by atoms with Gasteiger partial charge in [-0.3, -0.25) is 0 Å². The molecule has 1 aliphatic rings. The summed E-state index contributed by atoms with van der Waals surface area (Å²) in [5.74, 6) is 1.44. The summed E-state index contributed by atoms with van der Waals surface area (Å²) in [6.07, 6.45) is -4.35. The van der Waals surface area contributed by atoms with Gasteiger partial charge in [0.1, 0.15) is 6.61 Å². The summed E-state index contributed by atoms with van der Waals surface area (Å²) < 4.78 is 51.8. The number of hydrogen-bond acceptors (Lipinski definition) is 4. The summed E-state index contributed by atoms with van der Waals surface area (Å²) in [6, 6.07) is 4.46. The lowest BCUT2D eigenvalue weighted by molar-refractivity contribution is -0.174. The van der Waals surface area contributed by atoms with Crippen molar-refractivity contribution in [1.82, 2.24) is 0 Å². The van der Waals surface area contributed by atoms with E-state index in [4.69, 9.17) is 15.2 Å². The topological polar surface area (TPSA) is 53.7 Å². The van der Waals surface area contributed by atoms with Crippen molar-refractivity contribution in [3.8, 4) is 11.5 Å². The quantitative estimate of drug-likeness (QED) is 0.929. The second kappa shape index (κ2) is 6.53. The predicted molar refractivity (Wildman–Crippen MR) is 70.4 cm³/mol. The SMILES string of the molecule is CC1COc2ccc(C(N)COCC(F)(F)F)cc2OC1. The molecule has 4 nitrogen and oxygen atoms in total. The van der Waals surface area contributed by atoms with Crippen LogP contribution in [0, 0.1) is 5.92 Å². The first kappa shape index (κ1) is 15.9. The first-order chi connectivity index (χ1) is 9.85. The molecule has 0 fully saturated rings. The molecule has 1 heterocycles. The zero-order chi connectivity index (χ0) is 15.5. The summed E-state index contributed by atoms with van der Waals surface area (Å²) in [5.41, 5.74) is 6.48. The van der Waals surface area contributed by atoms with Crippen LogP contribution in [0.2, 0.25) is 0 Å². The molecule has 0 saturated heterocycles. The summed E-state index contributed by atoms with van der Waals surface area (Å²) in [4.78, 5) is 0. The molecule has 0 spiro atoms. The third-order valence-corrected chi connectivity index (χ3v) is 3.01. The minimum absolute atomic E-state index is 0.213. The van der Waals surface area contributed by atoms with E-state index in [1.165, 1.54) is 0 Å². The highest BCUT2D eigenvalue weighted by atomic mass is 19.4. The average Bonchev–Trinajstić information content (AvgIpc) is 2.59. The molecule has 1 aromatic rings. The molecule has 1 aromatic carbocycles. The van der Waals surface area contributed by atoms with E-state index in [1.807, 2.05) is 6.92 Å². The number of ether oxygens (including phenoxy) is 3. The van der Waals surface area contributed by atoms with Crippen molar-refractivity contribution < 1.29 is 27.4 Å². The predicted octanol–water partition coefficient (Wildman–Crippen LogP) is 2.67. The van der Waals surface area contributed by atoms with Gasteiger partial charge in [0.05, 0.1) is 25.9 Å². The van der Waals surface area contributed by atoms with Gasteiger partial charge in [0.15, 0.2) is 11.5 Å². The van der Waals surface area contributed by atoms with Gasteiger partial charge in [0.25, 0.3) is 0 Å². The number of fused-ring (bicyclic) bond motifs is 1. The number of alkyl halides is 3. The number of halogens is 3. The van der Waals surface area contributed by atoms with Gasteiger partial charge < -0.3 is 19.9 Å². The molecule has 0 aromatic heterocycles. The van der Waals surface area contributed by atoms with E-state index in [9.17, 15) is 13.2 Å². The van der Waals surface area contributed by atoms with Gasteiger partial charge in [-0.15, -0.1) is 0 Å². The fourth-order valence-electron chi connectivity index (χ4n) is 1.90. The van der Waals surface area contributed by atoms with Crippen molar-refractivity contribution in [2.45, 2.75) is 19.1 Å². The second-order valence-electron chi connectivity index (χ2n) is 5.17. The number of hydrogen-bond donors (Lipinski definition) is 1. The molecule has 2 unspecified atom stereocenters. The second-order valence-corrected chi connectivity index (χ2v) is 5.17. The van der Waals surface area contributed by atoms with Crippen LogP contribution in [0.3, 0.4) is 0 Å². The number of nitrogens with two attached hydrogens (primary N) is 1. The highest BCUT2D eigenvalue weighted by Crippen LogP contribution is 2.32. The maximum absolute atomic E-state index is 12.0. The Balaban J connectivity index is 1.98. The molecule has 0 bridgehead atoms. The van der Waals surface area contributed by atoms with E-state index < -0.39 is 18.8 Å². The highest BCUT2D eigenvalue weighted by molar-refractivity contribution is 5.44. The lowest BCUT2D eigenvalue weighted by atomic mass is 10.1. The lowest BCUT2D eigenvalue weighted by Crippen LogP contribution is -2.23. The van der Waals surface area contributed by atoms with Gasteiger partial charge in [-0.25, -0.2) is 0 Å². The molecule has 1 aliphatic heterocycles. The van der Waals surface area contributed by atoms with Gasteiger partial charge >= 0.3 is 6.18 Å². The Hall–Kier alpha value is -1.47. The maximum Gasteiger partial charge on any atom is 0.411 e. The normalized spacial score (nSPS) is 20.0. The molecule has 0 saturated carbocycles. The number of rotatable bonds is 4. The summed E-state index contributed by atoms with van der Waals surface area (Å²) in [6.45, 7) is 1.57. The van der Waals surface area contributed by atoms with E-state index in [0.29, 0.717) is 30.3 Å². The minimum Gasteiger partial charge on any atom is -0.489 e. The van der Waals surface area contributed by atoms with Gasteiger partial charge in [-0.1, -0.05) is 13.0 Å². The molecular formula is C14H18F3NO3. The Bertz CT molecular complexity index is 479. The fourth-order valence-corrected chi connectivity index (χ4v) is 1.90. The zero-order valence-electron chi connectivity index (χ0n) is 11.7. The van der Waals surface area contributed by atoms with E-state index in [1.54, 1.807) is 18.2 Å². The van der Waals surface area contributed by atoms with Crippen molar-refractivity contribution in [1.29, 1.82) is 0 Å². The molecule has 0 aliphatic carbocycles. The minimum atomic E-state index is -4.35. The Morgan fingerprint density at radius 3 is 2.62 bits per heavy atom. The molecule has 7 heteroatoms. The van der Waals surface area contributed by atoms with Crippen LogP contribution < -0.4 is 15.2 Å². The van der Waals surface area contributed by atoms with Crippen molar-refractivity contribution in [3.05, 3.63) is 23.8 Å². The molecule has 21 heavy (non-hydrogen) atoms. The average molecular weight is 305 g/mol. The van der Waals surface area contributed by atoms with Crippen LogP contribution in [-0.4, -0.2) is 32.6 Å². The van der Waals surface area contributed by atoms with Gasteiger partial charge in [-0.05, 0) is 17.7 Å². The van der Waals surface area contributed by atoms with E-state index in [2.05, 4.69) is 4.74 Å². The Kier molecular flexibility index (Phi) is 4.95. The molecule has 0 amide bonds. The van der Waals surface area contributed by atoms with Crippen LogP contribution in [0.5, 0.6) is 11.5 Å². The fraction of sp³-hybridized carbons (Fsp3) is 0.571. The van der Waals surface area contributed by atoms with Crippen LogP contribution in [0.25, 0.3) is 0 Å². The largest absolute Gasteiger partial charge is 0.489 e. The third kappa shape index (κ3) is 4.78. The van der Waals surface area contributed by atoms with Crippen molar-refractivity contribution in [3.63, 3.8) is 0 Å². The smallest absolute Gasteiger partial charge is 0.411 e. The van der Waals surface area contributed by atoms with Crippen LogP contribution >= 0.6 is 0 Å². The molecule has 0 radical (unpaired) electrons. The Labute approximate surface area is 121 Å². The van der Waals surface area contributed by atoms with E-state index >= 15 is 0 Å². The van der Waals surface area contributed by atoms with Crippen molar-refractivity contribution in [2.75, 3.05) is 26.4 Å². The third-order valence-electron chi connectivity index (χ3n) is 3.01. The van der Waals surface area contributed by atoms with Crippen molar-refractivity contribution >= 4 is 0 Å². The lowest BCUT2D eigenvalue weighted by Gasteiger charge is -2.15. The first-order valence-corrected chi connectivity index (χ1v) is 6.65. The summed E-state index contributed by atoms with van der Waals surface area (Å²) >= 11 is 0. The summed E-state index contributed by atoms with van der Waals surface area (Å²) in [7, 11) is 0. The zero-order valence-corrected chi connectivity index (χ0v) is 11.7. The molecule has 118 valence electrons. The van der Waals surface area contributed by atoms with Gasteiger partial charge in [0.2, 0.25) is 0 Å². The molecule has 2 N–H and O–H groups in total. The molecular weight excluding hydrogens is 287 g/mol. The molecule has 2 atom stereocenters. The van der Waals surface area contributed by atoms with E-state index in [-0.39, 0.29) is 12.5 Å². The van der Waals surface area contributed by atoms with Crippen LogP contribution in [0.15, 0.2) is 18.2 Å². The highest BCUT2D eigenvalue weighted by Gasteiger charge is 2.28. The van der Waals surface area contributed by atoms with Crippen LogP contribution in [0.4, 0.5) is 13.2 Å². The van der Waals surface area contributed by atoms with Gasteiger partial charge in [-0.2, -0.15) is 13.2 Å². The summed E-state index contributed by atoms with van der Waals surface area (Å²) in [5, 5.41) is 0. The first-order valence-electron chi connectivity index (χ1n) is 6.65. The van der Waals surface area contributed by atoms with Crippen LogP contribution in [0.1, 0.15) is 18.5 Å². The van der Waals surface area contributed by atoms with E-state index in [0.717, 1.165) is 0 Å². The maximum atomic E-state index is 12.0. The molecule has 2 rings (SSSR count). The Morgan fingerprint density at radius 1 is 1.29 bits per heavy atom. The van der Waals surface area contributed by atoms with Crippen LogP contribution in [-0.2, 0) is 4.74 Å². The Morgan fingerprint density at radius 2 is 1.95 bits per heavy atom. The monoisotopic (exact) mass is 305 g/mol. The standard InChI is InChI=1S/C14H18F3NO3/c1-9-5-20-12-3-2-10(4-13(12)21-6-9)11(18)7-19-8-14(15,16)17/h2-4,9,11H,5-8,18H2,1H3.